The van der Waals surface area contributed by atoms with E-state index in [0.29, 0.717) is 0 Å². The topological polar surface area (TPSA) is 12.9 Å². The zero-order chi connectivity index (χ0) is 19.0. The van der Waals surface area contributed by atoms with Crippen LogP contribution in [0.4, 0.5) is 0 Å². The number of benzene rings is 3. The number of nitrogens with zero attached hydrogens (tertiary/aromatic N) is 1. The molecule has 0 saturated heterocycles. The number of aromatic nitrogens is 1. The van der Waals surface area contributed by atoms with E-state index in [0.717, 1.165) is 24.1 Å². The summed E-state index contributed by atoms with van der Waals surface area (Å²) in [7, 11) is 0. The molecule has 0 bridgehead atoms. The van der Waals surface area contributed by atoms with Crippen molar-refractivity contribution < 1.29 is 0 Å². The second-order valence-electron chi connectivity index (χ2n) is 7.19. The SMILES string of the molecule is c1ccc(CCCCc2cccc(-c3cccc(-c4ccccn4)c3)c2)cc1. The summed E-state index contributed by atoms with van der Waals surface area (Å²) in [5.74, 6) is 0. The molecule has 1 heterocycles. The third kappa shape index (κ3) is 4.75. The van der Waals surface area contributed by atoms with Gasteiger partial charge in [-0.2, -0.15) is 0 Å². The van der Waals surface area contributed by atoms with Gasteiger partial charge in [-0.1, -0.05) is 78.9 Å². The first-order chi connectivity index (χ1) is 13.9. The van der Waals surface area contributed by atoms with Gasteiger partial charge in [0.05, 0.1) is 5.69 Å². The van der Waals surface area contributed by atoms with E-state index >= 15 is 0 Å². The molecule has 0 spiro atoms. The Morgan fingerprint density at radius 2 is 1.14 bits per heavy atom. The van der Waals surface area contributed by atoms with E-state index < -0.39 is 0 Å². The lowest BCUT2D eigenvalue weighted by molar-refractivity contribution is 0.734. The van der Waals surface area contributed by atoms with Crippen LogP contribution in [0.15, 0.2) is 103 Å². The van der Waals surface area contributed by atoms with Gasteiger partial charge in [0.15, 0.2) is 0 Å². The largest absolute Gasteiger partial charge is 0.256 e. The fraction of sp³-hybridized carbons (Fsp3) is 0.148. The smallest absolute Gasteiger partial charge is 0.0702 e. The molecule has 3 aromatic carbocycles. The Hall–Kier alpha value is -3.19. The fourth-order valence-electron chi connectivity index (χ4n) is 3.60. The van der Waals surface area contributed by atoms with Crippen LogP contribution in [0, 0.1) is 0 Å². The van der Waals surface area contributed by atoms with Crippen molar-refractivity contribution in [2.75, 3.05) is 0 Å². The molecule has 0 aliphatic heterocycles. The van der Waals surface area contributed by atoms with Crippen LogP contribution in [-0.2, 0) is 12.8 Å². The first kappa shape index (κ1) is 18.2. The van der Waals surface area contributed by atoms with Crippen molar-refractivity contribution >= 4 is 0 Å². The molecule has 0 N–H and O–H groups in total. The molecule has 0 fully saturated rings. The lowest BCUT2D eigenvalue weighted by atomic mass is 9.97. The van der Waals surface area contributed by atoms with E-state index in [1.54, 1.807) is 0 Å². The van der Waals surface area contributed by atoms with Crippen LogP contribution in [0.25, 0.3) is 22.4 Å². The highest BCUT2D eigenvalue weighted by Crippen LogP contribution is 2.26. The highest BCUT2D eigenvalue weighted by Gasteiger charge is 2.04. The minimum Gasteiger partial charge on any atom is -0.256 e. The van der Waals surface area contributed by atoms with Crippen molar-refractivity contribution in [3.8, 4) is 22.4 Å². The van der Waals surface area contributed by atoms with E-state index in [1.807, 2.05) is 18.3 Å². The number of pyridine rings is 1. The van der Waals surface area contributed by atoms with Crippen molar-refractivity contribution in [1.82, 2.24) is 4.98 Å². The first-order valence-corrected chi connectivity index (χ1v) is 10.0. The Labute approximate surface area is 167 Å². The predicted octanol–water partition coefficient (Wildman–Crippen LogP) is 6.98. The maximum atomic E-state index is 4.48. The second-order valence-corrected chi connectivity index (χ2v) is 7.19. The molecule has 28 heavy (non-hydrogen) atoms. The van der Waals surface area contributed by atoms with Gasteiger partial charge in [0.25, 0.3) is 0 Å². The molecular formula is C27H25N. The molecule has 0 atom stereocenters. The molecule has 0 saturated carbocycles. The number of aryl methyl sites for hydroxylation is 2. The molecule has 1 nitrogen and oxygen atoms in total. The van der Waals surface area contributed by atoms with Gasteiger partial charge in [0.2, 0.25) is 0 Å². The first-order valence-electron chi connectivity index (χ1n) is 10.0. The van der Waals surface area contributed by atoms with Gasteiger partial charge in [-0.05, 0) is 66.1 Å². The van der Waals surface area contributed by atoms with Crippen LogP contribution in [0.1, 0.15) is 24.0 Å². The van der Waals surface area contributed by atoms with Crippen LogP contribution in [0.3, 0.4) is 0 Å². The number of hydrogen-bond acceptors (Lipinski definition) is 1. The molecule has 138 valence electrons. The van der Waals surface area contributed by atoms with Crippen molar-refractivity contribution in [3.05, 3.63) is 114 Å². The average Bonchev–Trinajstić information content (AvgIpc) is 2.78. The molecule has 4 aromatic rings. The van der Waals surface area contributed by atoms with Gasteiger partial charge in [-0.25, -0.2) is 0 Å². The summed E-state index contributed by atoms with van der Waals surface area (Å²) in [6.45, 7) is 0. The summed E-state index contributed by atoms with van der Waals surface area (Å²) in [6.07, 6.45) is 6.57. The quantitative estimate of drug-likeness (QED) is 0.323. The number of rotatable bonds is 7. The van der Waals surface area contributed by atoms with Gasteiger partial charge in [0, 0.05) is 11.8 Å². The van der Waals surface area contributed by atoms with E-state index in [2.05, 4.69) is 89.9 Å². The Balaban J connectivity index is 1.42. The molecule has 0 amide bonds. The van der Waals surface area contributed by atoms with Gasteiger partial charge in [0.1, 0.15) is 0 Å². The third-order valence-corrected chi connectivity index (χ3v) is 5.11. The predicted molar refractivity (Wildman–Crippen MR) is 118 cm³/mol. The Morgan fingerprint density at radius 1 is 0.500 bits per heavy atom. The zero-order valence-electron chi connectivity index (χ0n) is 16.1. The summed E-state index contributed by atoms with van der Waals surface area (Å²) in [5.41, 5.74) is 7.54. The highest BCUT2D eigenvalue weighted by molar-refractivity contribution is 5.71. The van der Waals surface area contributed by atoms with Crippen molar-refractivity contribution in [3.63, 3.8) is 0 Å². The van der Waals surface area contributed by atoms with Crippen LogP contribution >= 0.6 is 0 Å². The van der Waals surface area contributed by atoms with E-state index in [1.165, 1.54) is 35.1 Å². The highest BCUT2D eigenvalue weighted by atomic mass is 14.7. The summed E-state index contributed by atoms with van der Waals surface area (Å²) >= 11 is 0. The molecule has 0 radical (unpaired) electrons. The number of unbranched alkanes of at least 4 members (excludes halogenated alkanes) is 1. The zero-order valence-corrected chi connectivity index (χ0v) is 16.1. The Kier molecular flexibility index (Phi) is 5.94. The molecule has 1 aromatic heterocycles. The maximum absolute atomic E-state index is 4.48. The van der Waals surface area contributed by atoms with Crippen LogP contribution in [0.5, 0.6) is 0 Å². The maximum Gasteiger partial charge on any atom is 0.0702 e. The molecule has 0 aliphatic carbocycles. The minimum atomic E-state index is 1.02. The van der Waals surface area contributed by atoms with E-state index in [9.17, 15) is 0 Å². The van der Waals surface area contributed by atoms with Crippen molar-refractivity contribution in [2.24, 2.45) is 0 Å². The molecular weight excluding hydrogens is 338 g/mol. The van der Waals surface area contributed by atoms with Crippen molar-refractivity contribution in [2.45, 2.75) is 25.7 Å². The summed E-state index contributed by atoms with van der Waals surface area (Å²) in [5, 5.41) is 0. The Bertz CT molecular complexity index is 1010. The summed E-state index contributed by atoms with van der Waals surface area (Å²) < 4.78 is 0. The normalized spacial score (nSPS) is 10.7. The van der Waals surface area contributed by atoms with Gasteiger partial charge in [-0.3, -0.25) is 4.98 Å². The summed E-state index contributed by atoms with van der Waals surface area (Å²) in [6, 6.07) is 34.4. The van der Waals surface area contributed by atoms with Crippen molar-refractivity contribution in [1.29, 1.82) is 0 Å². The summed E-state index contributed by atoms with van der Waals surface area (Å²) in [4.78, 5) is 4.48. The lowest BCUT2D eigenvalue weighted by Gasteiger charge is -2.08. The molecule has 4 rings (SSSR count). The molecule has 1 heteroatoms. The van der Waals surface area contributed by atoms with E-state index in [-0.39, 0.29) is 0 Å². The number of hydrogen-bond donors (Lipinski definition) is 0. The molecule has 0 unspecified atom stereocenters. The molecule has 0 aliphatic rings. The average molecular weight is 364 g/mol. The van der Waals surface area contributed by atoms with Gasteiger partial charge in [-0.15, -0.1) is 0 Å². The van der Waals surface area contributed by atoms with Crippen LogP contribution < -0.4 is 0 Å². The van der Waals surface area contributed by atoms with Crippen LogP contribution in [0.2, 0.25) is 0 Å². The minimum absolute atomic E-state index is 1.02. The third-order valence-electron chi connectivity index (χ3n) is 5.11. The van der Waals surface area contributed by atoms with Gasteiger partial charge >= 0.3 is 0 Å². The van der Waals surface area contributed by atoms with Crippen LogP contribution in [-0.4, -0.2) is 4.98 Å². The second kappa shape index (κ2) is 9.14. The van der Waals surface area contributed by atoms with Gasteiger partial charge < -0.3 is 0 Å². The monoisotopic (exact) mass is 363 g/mol. The lowest BCUT2D eigenvalue weighted by Crippen LogP contribution is -1.90. The van der Waals surface area contributed by atoms with E-state index in [4.69, 9.17) is 0 Å². The standard InChI is InChI=1S/C27H25N/c1-2-10-22(11-3-1)12-4-5-13-23-14-8-15-24(20-23)25-16-9-17-26(21-25)27-18-6-7-19-28-27/h1-3,6-11,14-21H,4-5,12-13H2. The fourth-order valence-corrected chi connectivity index (χ4v) is 3.60. The Morgan fingerprint density at radius 3 is 1.93 bits per heavy atom.